The van der Waals surface area contributed by atoms with Crippen molar-refractivity contribution in [1.82, 2.24) is 15.5 Å². The summed E-state index contributed by atoms with van der Waals surface area (Å²) in [6.07, 6.45) is 0.252. The molecule has 0 spiro atoms. The average molecular weight is 446 g/mol. The molecule has 0 bridgehead atoms. The second kappa shape index (κ2) is 11.6. The minimum absolute atomic E-state index is 0.0803. The van der Waals surface area contributed by atoms with Gasteiger partial charge in [-0.2, -0.15) is 0 Å². The van der Waals surface area contributed by atoms with E-state index in [1.807, 2.05) is 12.1 Å². The number of nitrogens with one attached hydrogen (secondary N) is 2. The van der Waals surface area contributed by atoms with E-state index in [4.69, 9.17) is 0 Å². The Balaban J connectivity index is 1.69. The Hall–Kier alpha value is -2.18. The fourth-order valence-corrected chi connectivity index (χ4v) is 3.01. The summed E-state index contributed by atoms with van der Waals surface area (Å²) in [4.78, 5) is 26.4. The van der Waals surface area contributed by atoms with E-state index < -0.39 is 0 Å². The normalized spacial score (nSPS) is 10.7. The molecule has 0 heterocycles. The molecule has 0 saturated carbocycles. The molecule has 0 aliphatic rings. The van der Waals surface area contributed by atoms with E-state index in [2.05, 4.69) is 69.6 Å². The maximum absolute atomic E-state index is 12.0. The van der Waals surface area contributed by atoms with Crippen LogP contribution in [0.4, 0.5) is 0 Å². The zero-order valence-corrected chi connectivity index (χ0v) is 18.1. The van der Waals surface area contributed by atoms with Crippen LogP contribution in [0.25, 0.3) is 0 Å². The van der Waals surface area contributed by atoms with Crippen LogP contribution in [-0.4, -0.2) is 36.3 Å². The molecule has 0 atom stereocenters. The Bertz CT molecular complexity index is 756. The molecule has 0 radical (unpaired) electrons. The van der Waals surface area contributed by atoms with Crippen molar-refractivity contribution in [2.75, 3.05) is 19.6 Å². The van der Waals surface area contributed by atoms with Crippen LogP contribution in [-0.2, 0) is 17.9 Å². The van der Waals surface area contributed by atoms with Gasteiger partial charge in [0.1, 0.15) is 0 Å². The number of nitrogens with zero attached hydrogens (tertiary/aromatic N) is 1. The third-order valence-corrected chi connectivity index (χ3v) is 5.09. The topological polar surface area (TPSA) is 61.4 Å². The van der Waals surface area contributed by atoms with Gasteiger partial charge >= 0.3 is 0 Å². The molecule has 2 rings (SSSR count). The Kier molecular flexibility index (Phi) is 9.17. The summed E-state index contributed by atoms with van der Waals surface area (Å²) >= 11 is 3.34. The van der Waals surface area contributed by atoms with E-state index >= 15 is 0 Å². The molecule has 0 aliphatic heterocycles. The minimum Gasteiger partial charge on any atom is -0.352 e. The molecule has 2 N–H and O–H groups in total. The first kappa shape index (κ1) is 22.1. The standard InChI is InChI=1S/C22H28BrN3O2/c1-3-26(4-2)16-18-7-5-17(6-8-18)15-25-21(27)13-14-24-22(28)19-9-11-20(23)12-10-19/h5-12H,3-4,13-16H2,1-2H3,(H,24,28)(H,25,27). The summed E-state index contributed by atoms with van der Waals surface area (Å²) in [5, 5.41) is 5.66. The van der Waals surface area contributed by atoms with Crippen molar-refractivity contribution in [1.29, 1.82) is 0 Å². The Labute approximate surface area is 175 Å². The number of halogens is 1. The molecule has 150 valence electrons. The van der Waals surface area contributed by atoms with Gasteiger partial charge < -0.3 is 10.6 Å². The first-order valence-electron chi connectivity index (χ1n) is 9.62. The lowest BCUT2D eigenvalue weighted by Gasteiger charge is -2.18. The summed E-state index contributed by atoms with van der Waals surface area (Å²) in [6.45, 7) is 8.13. The molecule has 0 saturated heterocycles. The lowest BCUT2D eigenvalue weighted by atomic mass is 10.1. The zero-order valence-electron chi connectivity index (χ0n) is 16.5. The highest BCUT2D eigenvalue weighted by molar-refractivity contribution is 9.10. The maximum Gasteiger partial charge on any atom is 0.251 e. The van der Waals surface area contributed by atoms with Crippen LogP contribution >= 0.6 is 15.9 Å². The highest BCUT2D eigenvalue weighted by Crippen LogP contribution is 2.10. The van der Waals surface area contributed by atoms with Gasteiger partial charge in [-0.25, -0.2) is 0 Å². The van der Waals surface area contributed by atoms with Crippen molar-refractivity contribution in [2.24, 2.45) is 0 Å². The molecular weight excluding hydrogens is 418 g/mol. The SMILES string of the molecule is CCN(CC)Cc1ccc(CNC(=O)CCNC(=O)c2ccc(Br)cc2)cc1. The van der Waals surface area contributed by atoms with Crippen LogP contribution in [0.1, 0.15) is 41.8 Å². The van der Waals surface area contributed by atoms with Gasteiger partial charge in [0.05, 0.1) is 0 Å². The van der Waals surface area contributed by atoms with Crippen molar-refractivity contribution in [2.45, 2.75) is 33.4 Å². The van der Waals surface area contributed by atoms with Crippen LogP contribution in [0.3, 0.4) is 0 Å². The van der Waals surface area contributed by atoms with Gasteiger partial charge in [0.15, 0.2) is 0 Å². The predicted octanol–water partition coefficient (Wildman–Crippen LogP) is 3.73. The van der Waals surface area contributed by atoms with E-state index in [0.717, 1.165) is 29.7 Å². The van der Waals surface area contributed by atoms with Crippen LogP contribution < -0.4 is 10.6 Å². The molecule has 2 aromatic carbocycles. The largest absolute Gasteiger partial charge is 0.352 e. The first-order chi connectivity index (χ1) is 13.5. The number of rotatable bonds is 10. The van der Waals surface area contributed by atoms with Gasteiger partial charge in [0, 0.05) is 36.1 Å². The fourth-order valence-electron chi connectivity index (χ4n) is 2.75. The second-order valence-corrected chi connectivity index (χ2v) is 7.48. The molecule has 5 nitrogen and oxygen atoms in total. The van der Waals surface area contributed by atoms with E-state index in [-0.39, 0.29) is 18.2 Å². The second-order valence-electron chi connectivity index (χ2n) is 6.57. The number of carbonyl (C=O) groups excluding carboxylic acids is 2. The van der Waals surface area contributed by atoms with E-state index in [0.29, 0.717) is 18.7 Å². The molecule has 0 aromatic heterocycles. The number of hydrogen-bond donors (Lipinski definition) is 2. The van der Waals surface area contributed by atoms with Crippen LogP contribution in [0, 0.1) is 0 Å². The van der Waals surface area contributed by atoms with Crippen molar-refractivity contribution < 1.29 is 9.59 Å². The predicted molar refractivity (Wildman–Crippen MR) is 116 cm³/mol. The fraction of sp³-hybridized carbons (Fsp3) is 0.364. The minimum atomic E-state index is -0.177. The molecular formula is C22H28BrN3O2. The average Bonchev–Trinajstić information content (AvgIpc) is 2.71. The lowest BCUT2D eigenvalue weighted by molar-refractivity contribution is -0.121. The van der Waals surface area contributed by atoms with E-state index in [1.165, 1.54) is 5.56 Å². The van der Waals surface area contributed by atoms with Gasteiger partial charge in [-0.05, 0) is 48.5 Å². The van der Waals surface area contributed by atoms with Gasteiger partial charge in [0.2, 0.25) is 5.91 Å². The van der Waals surface area contributed by atoms with Gasteiger partial charge in [0.25, 0.3) is 5.91 Å². The molecule has 6 heteroatoms. The van der Waals surface area contributed by atoms with Crippen molar-refractivity contribution >= 4 is 27.7 Å². The molecule has 28 heavy (non-hydrogen) atoms. The van der Waals surface area contributed by atoms with Gasteiger partial charge in [-0.3, -0.25) is 14.5 Å². The van der Waals surface area contributed by atoms with Crippen molar-refractivity contribution in [3.05, 3.63) is 69.7 Å². The highest BCUT2D eigenvalue weighted by atomic mass is 79.9. The number of carbonyl (C=O) groups is 2. The smallest absolute Gasteiger partial charge is 0.251 e. The Morgan fingerprint density at radius 2 is 1.50 bits per heavy atom. The highest BCUT2D eigenvalue weighted by Gasteiger charge is 2.07. The summed E-state index contributed by atoms with van der Waals surface area (Å²) < 4.78 is 0.921. The van der Waals surface area contributed by atoms with Gasteiger partial charge in [-0.1, -0.05) is 54.0 Å². The number of amides is 2. The van der Waals surface area contributed by atoms with Crippen LogP contribution in [0.5, 0.6) is 0 Å². The Morgan fingerprint density at radius 3 is 2.11 bits per heavy atom. The zero-order chi connectivity index (χ0) is 20.4. The molecule has 0 fully saturated rings. The maximum atomic E-state index is 12.0. The summed E-state index contributed by atoms with van der Waals surface area (Å²) in [6, 6.07) is 15.4. The van der Waals surface area contributed by atoms with E-state index in [9.17, 15) is 9.59 Å². The lowest BCUT2D eigenvalue weighted by Crippen LogP contribution is -2.30. The molecule has 0 unspecified atom stereocenters. The van der Waals surface area contributed by atoms with Crippen molar-refractivity contribution in [3.63, 3.8) is 0 Å². The summed E-state index contributed by atoms with van der Waals surface area (Å²) in [5.41, 5.74) is 2.92. The third kappa shape index (κ3) is 7.44. The van der Waals surface area contributed by atoms with Crippen LogP contribution in [0.2, 0.25) is 0 Å². The van der Waals surface area contributed by atoms with Crippen molar-refractivity contribution in [3.8, 4) is 0 Å². The first-order valence-corrected chi connectivity index (χ1v) is 10.4. The molecule has 0 aliphatic carbocycles. The van der Waals surface area contributed by atoms with E-state index in [1.54, 1.807) is 12.1 Å². The Morgan fingerprint density at radius 1 is 0.893 bits per heavy atom. The molecule has 2 aromatic rings. The summed E-state index contributed by atoms with van der Waals surface area (Å²) in [5.74, 6) is -0.257. The quantitative estimate of drug-likeness (QED) is 0.585. The third-order valence-electron chi connectivity index (χ3n) is 4.56. The number of benzene rings is 2. The monoisotopic (exact) mass is 445 g/mol. The summed E-state index contributed by atoms with van der Waals surface area (Å²) in [7, 11) is 0. The number of hydrogen-bond acceptors (Lipinski definition) is 3. The van der Waals surface area contributed by atoms with Gasteiger partial charge in [-0.15, -0.1) is 0 Å². The van der Waals surface area contributed by atoms with Crippen LogP contribution in [0.15, 0.2) is 53.0 Å². The molecule has 2 amide bonds.